The summed E-state index contributed by atoms with van der Waals surface area (Å²) in [5.41, 5.74) is 0. The molecule has 2 aliphatic heterocycles. The molecular formula is C16H28N2O3. The number of likely N-dealkylation sites (tertiary alicyclic amines) is 2. The average Bonchev–Trinajstić information content (AvgIpc) is 2.45. The molecule has 0 aromatic heterocycles. The van der Waals surface area contributed by atoms with Crippen molar-refractivity contribution in [3.63, 3.8) is 0 Å². The highest BCUT2D eigenvalue weighted by Crippen LogP contribution is 2.27. The number of aliphatic carboxylic acids is 1. The first-order chi connectivity index (χ1) is 10.1. The first kappa shape index (κ1) is 16.1. The van der Waals surface area contributed by atoms with Gasteiger partial charge < -0.3 is 14.9 Å². The van der Waals surface area contributed by atoms with Crippen LogP contribution in [0.25, 0.3) is 0 Å². The number of carboxylic acid groups (broad SMARTS) is 1. The predicted molar refractivity (Wildman–Crippen MR) is 81.2 cm³/mol. The number of amides is 2. The maximum atomic E-state index is 12.7. The largest absolute Gasteiger partial charge is 0.480 e. The Morgan fingerprint density at radius 2 is 1.67 bits per heavy atom. The minimum absolute atomic E-state index is 0.0566. The fourth-order valence-electron chi connectivity index (χ4n) is 3.49. The summed E-state index contributed by atoms with van der Waals surface area (Å²) in [5.74, 6) is -0.420. The minimum Gasteiger partial charge on any atom is -0.480 e. The number of hydrogen-bond donors (Lipinski definition) is 1. The van der Waals surface area contributed by atoms with Crippen molar-refractivity contribution in [2.24, 2.45) is 5.92 Å². The van der Waals surface area contributed by atoms with Crippen molar-refractivity contribution >= 4 is 12.0 Å². The molecule has 2 aliphatic rings. The lowest BCUT2D eigenvalue weighted by atomic mass is 9.89. The molecule has 5 nitrogen and oxygen atoms in total. The van der Waals surface area contributed by atoms with Crippen LogP contribution in [0, 0.1) is 5.92 Å². The summed E-state index contributed by atoms with van der Waals surface area (Å²) in [6, 6.07) is -0.694. The molecule has 0 spiro atoms. The summed E-state index contributed by atoms with van der Waals surface area (Å²) in [7, 11) is 0. The van der Waals surface area contributed by atoms with Crippen LogP contribution < -0.4 is 0 Å². The van der Waals surface area contributed by atoms with Crippen LogP contribution in [-0.2, 0) is 4.79 Å². The summed E-state index contributed by atoms with van der Waals surface area (Å²) < 4.78 is 0. The smallest absolute Gasteiger partial charge is 0.326 e. The molecular weight excluding hydrogens is 268 g/mol. The molecule has 120 valence electrons. The zero-order valence-electron chi connectivity index (χ0n) is 13.1. The molecule has 2 fully saturated rings. The Kier molecular flexibility index (Phi) is 5.88. The number of piperidine rings is 1. The number of carbonyl (C=O) groups is 2. The molecule has 0 aromatic carbocycles. The molecule has 2 saturated heterocycles. The van der Waals surface area contributed by atoms with Crippen LogP contribution in [0.2, 0.25) is 0 Å². The molecule has 0 aromatic rings. The molecule has 2 heterocycles. The van der Waals surface area contributed by atoms with Gasteiger partial charge in [-0.3, -0.25) is 0 Å². The second-order valence-electron chi connectivity index (χ2n) is 6.38. The number of carboxylic acids is 1. The summed E-state index contributed by atoms with van der Waals surface area (Å²) in [6.45, 7) is 4.24. The predicted octanol–water partition coefficient (Wildman–Crippen LogP) is 2.95. The molecule has 21 heavy (non-hydrogen) atoms. The maximum Gasteiger partial charge on any atom is 0.326 e. The van der Waals surface area contributed by atoms with Gasteiger partial charge in [0, 0.05) is 19.6 Å². The fourth-order valence-corrected chi connectivity index (χ4v) is 3.49. The molecule has 5 heteroatoms. The van der Waals surface area contributed by atoms with E-state index in [9.17, 15) is 14.7 Å². The van der Waals surface area contributed by atoms with Crippen molar-refractivity contribution in [3.05, 3.63) is 0 Å². The van der Waals surface area contributed by atoms with Crippen molar-refractivity contribution in [2.75, 3.05) is 19.6 Å². The molecule has 1 N–H and O–H groups in total. The monoisotopic (exact) mass is 296 g/mol. The topological polar surface area (TPSA) is 60.9 Å². The SMILES string of the molecule is CCC1CCN(C(=O)N2CCCCCCC2)C(C(=O)O)C1. The zero-order valence-corrected chi connectivity index (χ0v) is 13.1. The van der Waals surface area contributed by atoms with Gasteiger partial charge in [-0.25, -0.2) is 9.59 Å². The van der Waals surface area contributed by atoms with Gasteiger partial charge in [-0.05, 0) is 31.6 Å². The molecule has 0 bridgehead atoms. The van der Waals surface area contributed by atoms with Crippen molar-refractivity contribution in [2.45, 2.75) is 64.3 Å². The Hall–Kier alpha value is -1.26. The van der Waals surface area contributed by atoms with Crippen LogP contribution >= 0.6 is 0 Å². The number of carbonyl (C=O) groups excluding carboxylic acids is 1. The standard InChI is InChI=1S/C16H28N2O3/c1-2-13-8-11-18(14(12-13)15(19)20)16(21)17-9-6-4-3-5-7-10-17/h13-14H,2-12H2,1H3,(H,19,20). The third kappa shape index (κ3) is 4.11. The van der Waals surface area contributed by atoms with E-state index in [2.05, 4.69) is 6.92 Å². The normalized spacial score (nSPS) is 27.9. The summed E-state index contributed by atoms with van der Waals surface area (Å²) in [5, 5.41) is 9.46. The van der Waals surface area contributed by atoms with Crippen molar-refractivity contribution in [1.82, 2.24) is 9.80 Å². The van der Waals surface area contributed by atoms with E-state index in [-0.39, 0.29) is 6.03 Å². The summed E-state index contributed by atoms with van der Waals surface area (Å²) >= 11 is 0. The van der Waals surface area contributed by atoms with E-state index in [1.165, 1.54) is 19.3 Å². The molecule has 2 atom stereocenters. The first-order valence-corrected chi connectivity index (χ1v) is 8.41. The van der Waals surface area contributed by atoms with Gasteiger partial charge >= 0.3 is 12.0 Å². The second kappa shape index (κ2) is 7.66. The summed E-state index contributed by atoms with van der Waals surface area (Å²) in [6.07, 6.45) is 8.19. The van der Waals surface area contributed by atoms with Crippen LogP contribution in [0.1, 0.15) is 58.3 Å². The first-order valence-electron chi connectivity index (χ1n) is 8.41. The van der Waals surface area contributed by atoms with E-state index in [1.54, 1.807) is 4.90 Å². The molecule has 2 unspecified atom stereocenters. The van der Waals surface area contributed by atoms with Crippen LogP contribution in [0.15, 0.2) is 0 Å². The van der Waals surface area contributed by atoms with Gasteiger partial charge in [-0.15, -0.1) is 0 Å². The highest BCUT2D eigenvalue weighted by molar-refractivity contribution is 5.83. The van der Waals surface area contributed by atoms with Crippen LogP contribution in [0.5, 0.6) is 0 Å². The zero-order chi connectivity index (χ0) is 15.2. The third-order valence-corrected chi connectivity index (χ3v) is 4.95. The van der Waals surface area contributed by atoms with Gasteiger partial charge in [0.1, 0.15) is 6.04 Å². The van der Waals surface area contributed by atoms with E-state index >= 15 is 0 Å². The quantitative estimate of drug-likeness (QED) is 0.852. The lowest BCUT2D eigenvalue weighted by molar-refractivity contribution is -0.144. The van der Waals surface area contributed by atoms with Gasteiger partial charge in [-0.2, -0.15) is 0 Å². The van der Waals surface area contributed by atoms with Gasteiger partial charge in [0.2, 0.25) is 0 Å². The molecule has 0 saturated carbocycles. The molecule has 0 aliphatic carbocycles. The Bertz CT molecular complexity index is 365. The maximum absolute atomic E-state index is 12.7. The van der Waals surface area contributed by atoms with Gasteiger partial charge in [0.25, 0.3) is 0 Å². The van der Waals surface area contributed by atoms with Gasteiger partial charge in [0.15, 0.2) is 0 Å². The Labute approximate surface area is 127 Å². The Morgan fingerprint density at radius 3 is 2.24 bits per heavy atom. The minimum atomic E-state index is -0.853. The van der Waals surface area contributed by atoms with E-state index < -0.39 is 12.0 Å². The molecule has 2 rings (SSSR count). The Morgan fingerprint density at radius 1 is 1.05 bits per heavy atom. The second-order valence-corrected chi connectivity index (χ2v) is 6.38. The highest BCUT2D eigenvalue weighted by Gasteiger charge is 2.37. The number of nitrogens with zero attached hydrogens (tertiary/aromatic N) is 2. The molecule has 0 radical (unpaired) electrons. The van der Waals surface area contributed by atoms with E-state index in [1.807, 2.05) is 4.90 Å². The van der Waals surface area contributed by atoms with Gasteiger partial charge in [-0.1, -0.05) is 32.6 Å². The number of rotatable bonds is 2. The Balaban J connectivity index is 2.02. The van der Waals surface area contributed by atoms with E-state index in [0.29, 0.717) is 18.9 Å². The molecule has 2 amide bonds. The van der Waals surface area contributed by atoms with Gasteiger partial charge in [0.05, 0.1) is 0 Å². The number of urea groups is 1. The van der Waals surface area contributed by atoms with Crippen molar-refractivity contribution in [1.29, 1.82) is 0 Å². The van der Waals surface area contributed by atoms with Crippen LogP contribution in [0.3, 0.4) is 0 Å². The number of hydrogen-bond acceptors (Lipinski definition) is 2. The van der Waals surface area contributed by atoms with Crippen LogP contribution in [-0.4, -0.2) is 52.6 Å². The van der Waals surface area contributed by atoms with Crippen LogP contribution in [0.4, 0.5) is 4.79 Å². The van der Waals surface area contributed by atoms with E-state index in [4.69, 9.17) is 0 Å². The summed E-state index contributed by atoms with van der Waals surface area (Å²) in [4.78, 5) is 27.7. The fraction of sp³-hybridized carbons (Fsp3) is 0.875. The third-order valence-electron chi connectivity index (χ3n) is 4.95. The van der Waals surface area contributed by atoms with Crippen molar-refractivity contribution in [3.8, 4) is 0 Å². The average molecular weight is 296 g/mol. The van der Waals surface area contributed by atoms with Crippen molar-refractivity contribution < 1.29 is 14.7 Å². The van der Waals surface area contributed by atoms with E-state index in [0.717, 1.165) is 38.8 Å². The lowest BCUT2D eigenvalue weighted by Crippen LogP contribution is -2.55. The lowest BCUT2D eigenvalue weighted by Gasteiger charge is -2.40. The highest BCUT2D eigenvalue weighted by atomic mass is 16.4.